The second-order valence-corrected chi connectivity index (χ2v) is 7.61. The summed E-state index contributed by atoms with van der Waals surface area (Å²) in [5.41, 5.74) is 4.27. The van der Waals surface area contributed by atoms with Gasteiger partial charge in [0.05, 0.1) is 17.1 Å². The minimum atomic E-state index is -0.223. The Morgan fingerprint density at radius 3 is 2.85 bits per heavy atom. The van der Waals surface area contributed by atoms with Crippen molar-refractivity contribution in [3.8, 4) is 11.3 Å². The summed E-state index contributed by atoms with van der Waals surface area (Å²) in [7, 11) is 0. The number of anilines is 1. The van der Waals surface area contributed by atoms with Crippen LogP contribution in [0.4, 0.5) is 10.2 Å². The van der Waals surface area contributed by atoms with Crippen molar-refractivity contribution in [2.75, 3.05) is 5.32 Å². The van der Waals surface area contributed by atoms with Crippen LogP contribution >= 0.6 is 0 Å². The third-order valence-corrected chi connectivity index (χ3v) is 5.19. The second-order valence-electron chi connectivity index (χ2n) is 7.61. The molecule has 3 rings (SSSR count). The van der Waals surface area contributed by atoms with Crippen molar-refractivity contribution in [1.82, 2.24) is 9.97 Å². The molecule has 0 saturated carbocycles. The van der Waals surface area contributed by atoms with Gasteiger partial charge in [0, 0.05) is 12.0 Å². The van der Waals surface area contributed by atoms with Gasteiger partial charge < -0.3 is 5.32 Å². The highest BCUT2D eigenvalue weighted by molar-refractivity contribution is 5.90. The molecule has 0 aliphatic heterocycles. The second kappa shape index (κ2) is 8.59. The Labute approximate surface area is 160 Å². The standard InChI is InChI=1S/C22H28FN3O/c1-4-5-6-7-14(2)12-20(27)26-22-15(3)24-21-18-10-9-17(23)13-16(18)8-11-19(21)25-22/h9-10,13-14H,4-8,11-12H2,1-3H3,(H,25,26,27). The average molecular weight is 369 g/mol. The molecule has 1 amide bonds. The maximum atomic E-state index is 13.5. The lowest BCUT2D eigenvalue weighted by Crippen LogP contribution is -2.19. The van der Waals surface area contributed by atoms with Gasteiger partial charge in [-0.3, -0.25) is 4.79 Å². The number of carbonyl (C=O) groups is 1. The van der Waals surface area contributed by atoms with E-state index in [1.807, 2.05) is 6.92 Å². The first-order chi connectivity index (χ1) is 13.0. The van der Waals surface area contributed by atoms with Crippen molar-refractivity contribution >= 4 is 11.7 Å². The van der Waals surface area contributed by atoms with E-state index in [4.69, 9.17) is 0 Å². The molecule has 0 spiro atoms. The van der Waals surface area contributed by atoms with Crippen LogP contribution in [0.25, 0.3) is 11.3 Å². The van der Waals surface area contributed by atoms with Crippen LogP contribution in [0.2, 0.25) is 0 Å². The Morgan fingerprint density at radius 2 is 2.07 bits per heavy atom. The lowest BCUT2D eigenvalue weighted by molar-refractivity contribution is -0.117. The number of nitrogens with zero attached hydrogens (tertiary/aromatic N) is 2. The Morgan fingerprint density at radius 1 is 1.26 bits per heavy atom. The number of aromatic nitrogens is 2. The van der Waals surface area contributed by atoms with E-state index in [9.17, 15) is 9.18 Å². The maximum absolute atomic E-state index is 13.5. The fourth-order valence-corrected chi connectivity index (χ4v) is 3.66. The van der Waals surface area contributed by atoms with E-state index < -0.39 is 0 Å². The molecule has 0 fully saturated rings. The van der Waals surface area contributed by atoms with E-state index in [1.54, 1.807) is 12.1 Å². The van der Waals surface area contributed by atoms with Crippen molar-refractivity contribution in [2.24, 2.45) is 5.92 Å². The minimum Gasteiger partial charge on any atom is -0.309 e. The van der Waals surface area contributed by atoms with Gasteiger partial charge >= 0.3 is 0 Å². The van der Waals surface area contributed by atoms with Crippen LogP contribution in [0, 0.1) is 18.7 Å². The molecule has 4 nitrogen and oxygen atoms in total. The first-order valence-corrected chi connectivity index (χ1v) is 9.94. The molecule has 27 heavy (non-hydrogen) atoms. The van der Waals surface area contributed by atoms with E-state index in [-0.39, 0.29) is 11.7 Å². The number of rotatable bonds is 7. The molecule has 5 heteroatoms. The summed E-state index contributed by atoms with van der Waals surface area (Å²) < 4.78 is 13.5. The van der Waals surface area contributed by atoms with Gasteiger partial charge in [-0.2, -0.15) is 0 Å². The zero-order chi connectivity index (χ0) is 19.4. The van der Waals surface area contributed by atoms with Gasteiger partial charge in [-0.1, -0.05) is 39.5 Å². The number of aryl methyl sites for hydroxylation is 3. The van der Waals surface area contributed by atoms with E-state index in [2.05, 4.69) is 29.1 Å². The smallest absolute Gasteiger partial charge is 0.225 e. The van der Waals surface area contributed by atoms with Gasteiger partial charge in [-0.15, -0.1) is 0 Å². The zero-order valence-electron chi connectivity index (χ0n) is 16.4. The topological polar surface area (TPSA) is 54.9 Å². The number of unbranched alkanes of at least 4 members (excludes halogenated alkanes) is 2. The van der Waals surface area contributed by atoms with Crippen LogP contribution in [0.15, 0.2) is 18.2 Å². The van der Waals surface area contributed by atoms with Crippen LogP contribution in [0.5, 0.6) is 0 Å². The molecular weight excluding hydrogens is 341 g/mol. The Kier molecular flexibility index (Phi) is 6.19. The summed E-state index contributed by atoms with van der Waals surface area (Å²) in [5, 5.41) is 2.94. The number of hydrogen-bond acceptors (Lipinski definition) is 3. The van der Waals surface area contributed by atoms with E-state index in [1.165, 1.54) is 25.3 Å². The van der Waals surface area contributed by atoms with E-state index >= 15 is 0 Å². The summed E-state index contributed by atoms with van der Waals surface area (Å²) in [6.07, 6.45) is 6.59. The number of carbonyl (C=O) groups excluding carboxylic acids is 1. The molecule has 1 N–H and O–H groups in total. The summed E-state index contributed by atoms with van der Waals surface area (Å²) in [6.45, 7) is 6.16. The predicted octanol–water partition coefficient (Wildman–Crippen LogP) is 5.23. The van der Waals surface area contributed by atoms with Crippen molar-refractivity contribution in [1.29, 1.82) is 0 Å². The van der Waals surface area contributed by atoms with Gasteiger partial charge in [0.25, 0.3) is 0 Å². The number of amides is 1. The van der Waals surface area contributed by atoms with Gasteiger partial charge in [0.15, 0.2) is 5.82 Å². The van der Waals surface area contributed by atoms with Crippen LogP contribution < -0.4 is 5.32 Å². The molecule has 144 valence electrons. The summed E-state index contributed by atoms with van der Waals surface area (Å²) >= 11 is 0. The molecule has 0 bridgehead atoms. The Balaban J connectivity index is 1.72. The molecular formula is C22H28FN3O. The lowest BCUT2D eigenvalue weighted by atomic mass is 9.91. The molecule has 1 heterocycles. The molecule has 1 aliphatic rings. The van der Waals surface area contributed by atoms with Crippen LogP contribution in [-0.4, -0.2) is 15.9 Å². The number of hydrogen-bond donors (Lipinski definition) is 1. The first kappa shape index (κ1) is 19.5. The minimum absolute atomic E-state index is 0.00497. The van der Waals surface area contributed by atoms with Gasteiger partial charge in [-0.25, -0.2) is 14.4 Å². The summed E-state index contributed by atoms with van der Waals surface area (Å²) in [6, 6.07) is 4.80. The molecule has 1 unspecified atom stereocenters. The maximum Gasteiger partial charge on any atom is 0.225 e. The molecule has 2 aromatic rings. The normalized spacial score (nSPS) is 13.6. The predicted molar refractivity (Wildman–Crippen MR) is 106 cm³/mol. The van der Waals surface area contributed by atoms with Crippen molar-refractivity contribution in [3.63, 3.8) is 0 Å². The molecule has 1 aliphatic carbocycles. The zero-order valence-corrected chi connectivity index (χ0v) is 16.4. The number of fused-ring (bicyclic) bond motifs is 3. The quantitative estimate of drug-likeness (QED) is 0.680. The fourth-order valence-electron chi connectivity index (χ4n) is 3.66. The Hall–Kier alpha value is -2.30. The summed E-state index contributed by atoms with van der Waals surface area (Å²) in [5.74, 6) is 0.683. The molecule has 1 aromatic carbocycles. The number of halogens is 1. The lowest BCUT2D eigenvalue weighted by Gasteiger charge is -2.20. The third-order valence-electron chi connectivity index (χ3n) is 5.19. The third kappa shape index (κ3) is 4.71. The van der Waals surface area contributed by atoms with Crippen molar-refractivity contribution < 1.29 is 9.18 Å². The van der Waals surface area contributed by atoms with E-state index in [0.717, 1.165) is 35.4 Å². The van der Waals surface area contributed by atoms with Gasteiger partial charge in [-0.05, 0) is 49.4 Å². The largest absolute Gasteiger partial charge is 0.309 e. The number of nitrogens with one attached hydrogen (secondary N) is 1. The summed E-state index contributed by atoms with van der Waals surface area (Å²) in [4.78, 5) is 21.7. The molecule has 1 atom stereocenters. The van der Waals surface area contributed by atoms with E-state index in [0.29, 0.717) is 30.3 Å². The van der Waals surface area contributed by atoms with Crippen molar-refractivity contribution in [2.45, 2.75) is 65.7 Å². The highest BCUT2D eigenvalue weighted by atomic mass is 19.1. The molecule has 1 aromatic heterocycles. The SMILES string of the molecule is CCCCCC(C)CC(=O)Nc1nc2c(nc1C)-c1ccc(F)cc1CC2. The molecule has 0 radical (unpaired) electrons. The average Bonchev–Trinajstić information content (AvgIpc) is 2.62. The van der Waals surface area contributed by atoms with Gasteiger partial charge in [0.2, 0.25) is 5.91 Å². The highest BCUT2D eigenvalue weighted by Gasteiger charge is 2.21. The first-order valence-electron chi connectivity index (χ1n) is 9.94. The fraction of sp³-hybridized carbons (Fsp3) is 0.500. The van der Waals surface area contributed by atoms with Crippen LogP contribution in [0.1, 0.15) is 62.9 Å². The monoisotopic (exact) mass is 369 g/mol. The molecule has 0 saturated heterocycles. The van der Waals surface area contributed by atoms with Crippen LogP contribution in [-0.2, 0) is 17.6 Å². The highest BCUT2D eigenvalue weighted by Crippen LogP contribution is 2.33. The van der Waals surface area contributed by atoms with Gasteiger partial charge in [0.1, 0.15) is 5.82 Å². The van der Waals surface area contributed by atoms with Crippen LogP contribution in [0.3, 0.4) is 0 Å². The van der Waals surface area contributed by atoms with Crippen molar-refractivity contribution in [3.05, 3.63) is 41.0 Å². The number of benzene rings is 1. The Bertz CT molecular complexity index is 835.